The molecule has 1 aliphatic rings. The molecule has 1 amide bonds. The lowest BCUT2D eigenvalue weighted by Gasteiger charge is -2.35. The Morgan fingerprint density at radius 1 is 1.70 bits per heavy atom. The second kappa shape index (κ2) is 3.37. The first-order valence-electron chi connectivity index (χ1n) is 3.29. The van der Waals surface area contributed by atoms with E-state index < -0.39 is 0 Å². The summed E-state index contributed by atoms with van der Waals surface area (Å²) in [5, 5.41) is 0. The molecule has 1 rings (SSSR count). The number of carbonyl (C=O) groups is 1. The van der Waals surface area contributed by atoms with Crippen molar-refractivity contribution in [3.8, 4) is 0 Å². The van der Waals surface area contributed by atoms with E-state index in [2.05, 4.69) is 22.6 Å². The fourth-order valence-electron chi connectivity index (χ4n) is 0.853. The lowest BCUT2D eigenvalue weighted by Crippen LogP contribution is -2.49. The molecule has 1 fully saturated rings. The van der Waals surface area contributed by atoms with Crippen LogP contribution < -0.4 is 0 Å². The highest BCUT2D eigenvalue weighted by Crippen LogP contribution is 2.16. The zero-order valence-electron chi connectivity index (χ0n) is 5.88. The predicted molar refractivity (Wildman–Crippen MR) is 49.2 cm³/mol. The summed E-state index contributed by atoms with van der Waals surface area (Å²) in [5.41, 5.74) is 0. The fourth-order valence-corrected chi connectivity index (χ4v) is 1.80. The standard InChI is InChI=1S/C7H10INO/c1-2-3-7(10)9-4-6(8)5-9/h2-3,6H,4-5H2,1H3/b3-2+. The summed E-state index contributed by atoms with van der Waals surface area (Å²) in [6.45, 7) is 3.70. The molecule has 0 aliphatic carbocycles. The summed E-state index contributed by atoms with van der Waals surface area (Å²) in [6, 6.07) is 0. The van der Waals surface area contributed by atoms with Crippen LogP contribution in [0.15, 0.2) is 12.2 Å². The Balaban J connectivity index is 2.31. The van der Waals surface area contributed by atoms with Crippen LogP contribution in [-0.4, -0.2) is 27.8 Å². The van der Waals surface area contributed by atoms with E-state index in [1.165, 1.54) is 0 Å². The largest absolute Gasteiger partial charge is 0.337 e. The van der Waals surface area contributed by atoms with Crippen LogP contribution in [0.1, 0.15) is 6.92 Å². The van der Waals surface area contributed by atoms with Crippen LogP contribution >= 0.6 is 22.6 Å². The van der Waals surface area contributed by atoms with Crippen molar-refractivity contribution in [3.05, 3.63) is 12.2 Å². The van der Waals surface area contributed by atoms with Crippen molar-refractivity contribution in [2.45, 2.75) is 10.8 Å². The van der Waals surface area contributed by atoms with Gasteiger partial charge in [0.25, 0.3) is 0 Å². The lowest BCUT2D eigenvalue weighted by molar-refractivity contribution is -0.128. The van der Waals surface area contributed by atoms with Gasteiger partial charge in [0.15, 0.2) is 0 Å². The lowest BCUT2D eigenvalue weighted by atomic mass is 10.2. The summed E-state index contributed by atoms with van der Waals surface area (Å²) >= 11 is 2.35. The van der Waals surface area contributed by atoms with Crippen LogP contribution in [0.4, 0.5) is 0 Å². The second-order valence-corrected chi connectivity index (χ2v) is 4.10. The van der Waals surface area contributed by atoms with E-state index >= 15 is 0 Å². The Morgan fingerprint density at radius 2 is 2.30 bits per heavy atom. The molecular weight excluding hydrogens is 241 g/mol. The Bertz CT molecular complexity index is 161. The third-order valence-electron chi connectivity index (χ3n) is 1.46. The summed E-state index contributed by atoms with van der Waals surface area (Å²) in [7, 11) is 0. The van der Waals surface area contributed by atoms with E-state index in [1.807, 2.05) is 11.8 Å². The molecule has 0 aromatic heterocycles. The van der Waals surface area contributed by atoms with E-state index in [9.17, 15) is 4.79 Å². The van der Waals surface area contributed by atoms with Gasteiger partial charge in [-0.3, -0.25) is 4.79 Å². The first-order chi connectivity index (χ1) is 4.74. The first-order valence-corrected chi connectivity index (χ1v) is 4.54. The third kappa shape index (κ3) is 1.71. The molecule has 0 atom stereocenters. The van der Waals surface area contributed by atoms with Gasteiger partial charge in [0.1, 0.15) is 0 Å². The summed E-state index contributed by atoms with van der Waals surface area (Å²) in [4.78, 5) is 12.9. The highest BCUT2D eigenvalue weighted by molar-refractivity contribution is 14.1. The quantitative estimate of drug-likeness (QED) is 0.389. The van der Waals surface area contributed by atoms with Gasteiger partial charge in [0, 0.05) is 17.0 Å². The second-order valence-electron chi connectivity index (χ2n) is 2.34. The van der Waals surface area contributed by atoms with E-state index in [0.29, 0.717) is 3.92 Å². The van der Waals surface area contributed by atoms with E-state index in [-0.39, 0.29) is 5.91 Å². The zero-order chi connectivity index (χ0) is 7.56. The maximum Gasteiger partial charge on any atom is 0.246 e. The van der Waals surface area contributed by atoms with Crippen LogP contribution in [0.5, 0.6) is 0 Å². The molecule has 3 heteroatoms. The van der Waals surface area contributed by atoms with E-state index in [4.69, 9.17) is 0 Å². The average molecular weight is 251 g/mol. The van der Waals surface area contributed by atoms with Gasteiger partial charge in [-0.15, -0.1) is 0 Å². The monoisotopic (exact) mass is 251 g/mol. The van der Waals surface area contributed by atoms with Crippen LogP contribution in [0, 0.1) is 0 Å². The summed E-state index contributed by atoms with van der Waals surface area (Å²) < 4.78 is 0.673. The van der Waals surface area contributed by atoms with Gasteiger partial charge in [-0.2, -0.15) is 0 Å². The minimum absolute atomic E-state index is 0.149. The molecule has 0 saturated carbocycles. The van der Waals surface area contributed by atoms with Crippen molar-refractivity contribution in [3.63, 3.8) is 0 Å². The van der Waals surface area contributed by atoms with Crippen molar-refractivity contribution in [2.75, 3.05) is 13.1 Å². The van der Waals surface area contributed by atoms with Crippen molar-refractivity contribution in [2.24, 2.45) is 0 Å². The molecule has 2 nitrogen and oxygen atoms in total. The maximum absolute atomic E-state index is 11.0. The van der Waals surface area contributed by atoms with Gasteiger partial charge >= 0.3 is 0 Å². The molecule has 0 bridgehead atoms. The van der Waals surface area contributed by atoms with Crippen molar-refractivity contribution >= 4 is 28.5 Å². The van der Waals surface area contributed by atoms with Crippen LogP contribution in [0.2, 0.25) is 0 Å². The van der Waals surface area contributed by atoms with Crippen LogP contribution in [-0.2, 0) is 4.79 Å². The van der Waals surface area contributed by atoms with Crippen molar-refractivity contribution in [1.29, 1.82) is 0 Å². The highest BCUT2D eigenvalue weighted by atomic mass is 127. The smallest absolute Gasteiger partial charge is 0.246 e. The molecule has 0 unspecified atom stereocenters. The number of allylic oxidation sites excluding steroid dienone is 1. The number of halogens is 1. The number of likely N-dealkylation sites (tertiary alicyclic amines) is 1. The van der Waals surface area contributed by atoms with Crippen LogP contribution in [0.3, 0.4) is 0 Å². The molecule has 0 radical (unpaired) electrons. The molecule has 0 aromatic carbocycles. The molecule has 0 spiro atoms. The van der Waals surface area contributed by atoms with Crippen LogP contribution in [0.25, 0.3) is 0 Å². The fraction of sp³-hybridized carbons (Fsp3) is 0.571. The minimum atomic E-state index is 0.149. The average Bonchev–Trinajstić information content (AvgIpc) is 1.82. The van der Waals surface area contributed by atoms with Crippen molar-refractivity contribution < 1.29 is 4.79 Å². The van der Waals surface area contributed by atoms with Gasteiger partial charge in [-0.25, -0.2) is 0 Å². The van der Waals surface area contributed by atoms with E-state index in [1.54, 1.807) is 12.2 Å². The first kappa shape index (κ1) is 8.04. The van der Waals surface area contributed by atoms with Gasteiger partial charge in [-0.1, -0.05) is 28.7 Å². The number of nitrogens with zero attached hydrogens (tertiary/aromatic N) is 1. The van der Waals surface area contributed by atoms with Crippen molar-refractivity contribution in [1.82, 2.24) is 4.90 Å². The Hall–Kier alpha value is -0.0600. The zero-order valence-corrected chi connectivity index (χ0v) is 8.04. The summed E-state index contributed by atoms with van der Waals surface area (Å²) in [5.74, 6) is 0.149. The number of rotatable bonds is 1. The molecule has 1 aliphatic heterocycles. The van der Waals surface area contributed by atoms with E-state index in [0.717, 1.165) is 13.1 Å². The Morgan fingerprint density at radius 3 is 2.70 bits per heavy atom. The van der Waals surface area contributed by atoms with Gasteiger partial charge in [0.05, 0.1) is 0 Å². The molecular formula is C7H10INO. The SMILES string of the molecule is C/C=C/C(=O)N1CC(I)C1. The number of amides is 1. The number of carbonyl (C=O) groups excluding carboxylic acids is 1. The maximum atomic E-state index is 11.0. The minimum Gasteiger partial charge on any atom is -0.337 e. The van der Waals surface area contributed by atoms with Gasteiger partial charge in [-0.05, 0) is 13.0 Å². The molecule has 0 N–H and O–H groups in total. The number of hydrogen-bond acceptors (Lipinski definition) is 1. The molecule has 1 saturated heterocycles. The predicted octanol–water partition coefficient (Wildman–Crippen LogP) is 1.21. The molecule has 0 aromatic rings. The van der Waals surface area contributed by atoms with Gasteiger partial charge < -0.3 is 4.90 Å². The molecule has 56 valence electrons. The normalized spacial score (nSPS) is 19.6. The molecule has 10 heavy (non-hydrogen) atoms. The highest BCUT2D eigenvalue weighted by Gasteiger charge is 2.26. The third-order valence-corrected chi connectivity index (χ3v) is 2.25. The number of hydrogen-bond donors (Lipinski definition) is 0. The Labute approximate surface area is 74.4 Å². The van der Waals surface area contributed by atoms with Gasteiger partial charge in [0.2, 0.25) is 5.91 Å². The molecule has 1 heterocycles. The summed E-state index contributed by atoms with van der Waals surface area (Å²) in [6.07, 6.45) is 3.39. The topological polar surface area (TPSA) is 20.3 Å². The number of alkyl halides is 1. The Kier molecular flexibility index (Phi) is 2.71.